The van der Waals surface area contributed by atoms with Crippen LogP contribution >= 0.6 is 24.8 Å². The van der Waals surface area contributed by atoms with Crippen LogP contribution in [0.4, 0.5) is 0 Å². The number of halogens is 3. The van der Waals surface area contributed by atoms with Gasteiger partial charge in [-0.1, -0.05) is 75.1 Å². The fraction of sp³-hybridized carbons (Fsp3) is 0.182. The molecule has 0 nitrogen and oxygen atoms in total. The van der Waals surface area contributed by atoms with Crippen molar-refractivity contribution in [1.82, 2.24) is 0 Å². The maximum absolute atomic E-state index is 4.17. The van der Waals surface area contributed by atoms with Gasteiger partial charge in [0.1, 0.15) is 0 Å². The van der Waals surface area contributed by atoms with Gasteiger partial charge in [-0.25, -0.2) is 0 Å². The Labute approximate surface area is 200 Å². The minimum absolute atomic E-state index is 0. The van der Waals surface area contributed by atoms with Crippen LogP contribution in [0.15, 0.2) is 59.1 Å². The molecule has 3 aromatic rings. The summed E-state index contributed by atoms with van der Waals surface area (Å²) in [5.74, 6) is 0. The molecular weight excluding hydrogens is 538 g/mol. The summed E-state index contributed by atoms with van der Waals surface area (Å²) in [6.07, 6.45) is 4.82. The molecule has 0 spiro atoms. The van der Waals surface area contributed by atoms with E-state index in [2.05, 4.69) is 79.4 Å². The Morgan fingerprint density at radius 3 is 2.37 bits per heavy atom. The third-order valence-electron chi connectivity index (χ3n) is 4.60. The molecule has 0 saturated heterocycles. The predicted molar refractivity (Wildman–Crippen MR) is 106 cm³/mol. The fourth-order valence-electron chi connectivity index (χ4n) is 3.48. The minimum atomic E-state index is 0. The van der Waals surface area contributed by atoms with Crippen molar-refractivity contribution in [2.75, 3.05) is 0 Å². The Hall–Kier alpha value is -0.177. The van der Waals surface area contributed by atoms with Crippen LogP contribution in [-0.2, 0) is 41.9 Å². The summed E-state index contributed by atoms with van der Waals surface area (Å²) in [6, 6.07) is 25.4. The van der Waals surface area contributed by atoms with E-state index in [1.54, 1.807) is 0 Å². The van der Waals surface area contributed by atoms with Crippen LogP contribution in [-0.4, -0.2) is 0 Å². The Morgan fingerprint density at radius 1 is 0.852 bits per heavy atom. The van der Waals surface area contributed by atoms with Crippen LogP contribution in [0.1, 0.15) is 28.7 Å². The molecule has 5 heteroatoms. The van der Waals surface area contributed by atoms with Gasteiger partial charge in [0.2, 0.25) is 0 Å². The molecule has 2 aliphatic rings. The van der Waals surface area contributed by atoms with Crippen molar-refractivity contribution in [2.24, 2.45) is 0 Å². The van der Waals surface area contributed by atoms with E-state index in [-0.39, 0.29) is 24.8 Å². The molecule has 0 N–H and O–H groups in total. The topological polar surface area (TPSA) is 0 Å². The van der Waals surface area contributed by atoms with Crippen molar-refractivity contribution in [3.05, 3.63) is 93.5 Å². The summed E-state index contributed by atoms with van der Waals surface area (Å²) in [4.78, 5) is 0. The summed E-state index contributed by atoms with van der Waals surface area (Å²) >= 11 is 4.66. The van der Waals surface area contributed by atoms with Crippen molar-refractivity contribution >= 4 is 24.8 Å². The molecule has 0 amide bonds. The molecule has 138 valence electrons. The SMILES string of the molecule is Brc1cc[c-]c2c1CCC2.[Cl-].[Cl-].[S]=[Zr+2].[c-]1cccc2c1-c1ccccc1C2. The first-order valence-corrected chi connectivity index (χ1v) is 12.5. The van der Waals surface area contributed by atoms with Gasteiger partial charge in [0.25, 0.3) is 0 Å². The van der Waals surface area contributed by atoms with E-state index in [9.17, 15) is 0 Å². The molecule has 0 radical (unpaired) electrons. The van der Waals surface area contributed by atoms with Crippen molar-refractivity contribution in [1.29, 1.82) is 0 Å². The number of benzene rings is 3. The molecule has 0 bridgehead atoms. The van der Waals surface area contributed by atoms with Gasteiger partial charge in [0, 0.05) is 0 Å². The summed E-state index contributed by atoms with van der Waals surface area (Å²) in [7, 11) is 4.17. The van der Waals surface area contributed by atoms with E-state index in [1.807, 2.05) is 12.1 Å². The normalized spacial score (nSPS) is 11.8. The van der Waals surface area contributed by atoms with Crippen molar-refractivity contribution < 1.29 is 47.5 Å². The van der Waals surface area contributed by atoms with Gasteiger partial charge in [-0.2, -0.15) is 23.8 Å². The monoisotopic (exact) mass is 552 g/mol. The quantitative estimate of drug-likeness (QED) is 0.284. The van der Waals surface area contributed by atoms with Crippen LogP contribution in [0.25, 0.3) is 11.1 Å². The third kappa shape index (κ3) is 5.90. The number of rotatable bonds is 0. The first-order valence-electron chi connectivity index (χ1n) is 8.29. The van der Waals surface area contributed by atoms with E-state index in [0.717, 1.165) is 29.1 Å². The molecule has 0 fully saturated rings. The molecule has 0 saturated carbocycles. The maximum Gasteiger partial charge on any atom is -0.0454 e. The second kappa shape index (κ2) is 12.4. The van der Waals surface area contributed by atoms with Gasteiger partial charge < -0.3 is 24.8 Å². The zero-order valence-electron chi connectivity index (χ0n) is 14.6. The largest absolute Gasteiger partial charge is 0.147 e. The Morgan fingerprint density at radius 2 is 1.59 bits per heavy atom. The third-order valence-corrected chi connectivity index (χ3v) is 5.35. The van der Waals surface area contributed by atoms with E-state index in [1.165, 1.54) is 57.1 Å². The number of hydrogen-bond donors (Lipinski definition) is 0. The van der Waals surface area contributed by atoms with Gasteiger partial charge in [-0.05, 0) is 6.42 Å². The molecular formula is C22H17BrCl2SZr-2. The Bertz CT molecular complexity index is 842. The van der Waals surface area contributed by atoms with Crippen LogP contribution in [0.3, 0.4) is 0 Å². The minimum Gasteiger partial charge on any atom is -0.147 e. The molecule has 0 atom stereocenters. The zero-order chi connectivity index (χ0) is 17.6. The van der Waals surface area contributed by atoms with Crippen LogP contribution in [0, 0.1) is 12.1 Å². The van der Waals surface area contributed by atoms with Crippen LogP contribution in [0.5, 0.6) is 0 Å². The zero-order valence-corrected chi connectivity index (χ0v) is 20.9. The average Bonchev–Trinajstić information content (AvgIpc) is 3.29. The predicted octanol–water partition coefficient (Wildman–Crippen LogP) is 0.450. The maximum atomic E-state index is 4.17. The van der Waals surface area contributed by atoms with Gasteiger partial charge in [0.15, 0.2) is 0 Å². The first-order chi connectivity index (χ1) is 12.3. The standard InChI is InChI=1S/C13H9.C9H8Br.2ClH.S.Zr/c1-3-7-12-10(5-1)9-11-6-2-4-8-13(11)12;10-9-6-2-4-7-3-1-5-8(7)9;;;;/h1-7H,9H2;2,6H,1,3,5H2;2*1H;;/q2*-1;;;;+2/p-2. The van der Waals surface area contributed by atoms with Crippen molar-refractivity contribution in [3.63, 3.8) is 0 Å². The van der Waals surface area contributed by atoms with E-state index in [0.29, 0.717) is 0 Å². The van der Waals surface area contributed by atoms with Gasteiger partial charge in [-0.15, -0.1) is 41.0 Å². The summed E-state index contributed by atoms with van der Waals surface area (Å²) in [6.45, 7) is 0. The number of aryl methyl sites for hydroxylation is 1. The fourth-order valence-corrected chi connectivity index (χ4v) is 4.05. The molecule has 0 unspecified atom stereocenters. The number of fused-ring (bicyclic) bond motifs is 4. The second-order valence-electron chi connectivity index (χ2n) is 6.04. The molecule has 27 heavy (non-hydrogen) atoms. The van der Waals surface area contributed by atoms with Crippen molar-refractivity contribution in [2.45, 2.75) is 25.7 Å². The number of hydrogen-bond acceptors (Lipinski definition) is 1. The summed E-state index contributed by atoms with van der Waals surface area (Å²) in [5.41, 5.74) is 8.37. The second-order valence-corrected chi connectivity index (χ2v) is 6.89. The molecule has 0 aromatic heterocycles. The summed E-state index contributed by atoms with van der Waals surface area (Å²) in [5, 5.41) is 0. The molecule has 0 aliphatic heterocycles. The molecule has 3 aromatic carbocycles. The Kier molecular flexibility index (Phi) is 11.4. The molecule has 0 heterocycles. The smallest absolute Gasteiger partial charge is 0.0454 e. The summed E-state index contributed by atoms with van der Waals surface area (Å²) < 4.78 is 1.26. The van der Waals surface area contributed by atoms with E-state index >= 15 is 0 Å². The average molecular weight is 555 g/mol. The van der Waals surface area contributed by atoms with E-state index < -0.39 is 0 Å². The van der Waals surface area contributed by atoms with Crippen LogP contribution < -0.4 is 24.8 Å². The first kappa shape index (κ1) is 24.9. The van der Waals surface area contributed by atoms with Gasteiger partial charge in [-0.3, -0.25) is 0 Å². The molecule has 5 rings (SSSR count). The van der Waals surface area contributed by atoms with Gasteiger partial charge >= 0.3 is 31.5 Å². The van der Waals surface area contributed by atoms with Crippen LogP contribution in [0.2, 0.25) is 0 Å². The molecule has 2 aliphatic carbocycles. The van der Waals surface area contributed by atoms with Gasteiger partial charge in [0.05, 0.1) is 0 Å². The van der Waals surface area contributed by atoms with Crippen molar-refractivity contribution in [3.8, 4) is 11.1 Å². The van der Waals surface area contributed by atoms with E-state index in [4.69, 9.17) is 0 Å². The Balaban J connectivity index is 0.000000237.